The summed E-state index contributed by atoms with van der Waals surface area (Å²) in [6.07, 6.45) is 3.95. The molecule has 7 nitrogen and oxygen atoms in total. The van der Waals surface area contributed by atoms with E-state index in [1.807, 2.05) is 97.1 Å². The van der Waals surface area contributed by atoms with E-state index in [2.05, 4.69) is 5.32 Å². The minimum absolute atomic E-state index is 0.0578. The number of benzene rings is 4. The number of nitrogens with one attached hydrogen (secondary N) is 1. The predicted octanol–water partition coefficient (Wildman–Crippen LogP) is 7.44. The molecule has 0 unspecified atom stereocenters. The maximum atomic E-state index is 14.4. The van der Waals surface area contributed by atoms with E-state index in [1.165, 1.54) is 0 Å². The van der Waals surface area contributed by atoms with Crippen molar-refractivity contribution in [3.63, 3.8) is 0 Å². The summed E-state index contributed by atoms with van der Waals surface area (Å²) in [6, 6.07) is 29.9. The lowest BCUT2D eigenvalue weighted by Crippen LogP contribution is -2.47. The van der Waals surface area contributed by atoms with Gasteiger partial charge in [0.05, 0.1) is 23.8 Å². The molecule has 1 aliphatic rings. The first-order valence-corrected chi connectivity index (χ1v) is 15.4. The van der Waals surface area contributed by atoms with Crippen molar-refractivity contribution in [2.75, 3.05) is 20.3 Å². The molecule has 2 N–H and O–H groups in total. The van der Waals surface area contributed by atoms with Gasteiger partial charge in [-0.25, -0.2) is 4.99 Å². The second kappa shape index (κ2) is 15.1. The summed E-state index contributed by atoms with van der Waals surface area (Å²) in [4.78, 5) is 19.4. The lowest BCUT2D eigenvalue weighted by molar-refractivity contribution is -0.129. The van der Waals surface area contributed by atoms with Gasteiger partial charge in [0.25, 0.3) is 5.91 Å². The van der Waals surface area contributed by atoms with Crippen LogP contribution in [-0.2, 0) is 16.1 Å². The van der Waals surface area contributed by atoms with Gasteiger partial charge in [0.15, 0.2) is 11.6 Å². The average molecular weight is 646 g/mol. The van der Waals surface area contributed by atoms with Crippen LogP contribution in [0.1, 0.15) is 41.2 Å². The Morgan fingerprint density at radius 3 is 2.51 bits per heavy atom. The molecular formula is C36H34Cl2N2O5. The number of rotatable bonds is 13. The molecule has 5 rings (SSSR count). The topological polar surface area (TPSA) is 89.4 Å². The third-order valence-corrected chi connectivity index (χ3v) is 8.14. The first kappa shape index (κ1) is 32.1. The third-order valence-electron chi connectivity index (χ3n) is 7.40. The van der Waals surface area contributed by atoms with Crippen LogP contribution in [-0.4, -0.2) is 42.8 Å². The fourth-order valence-electron chi connectivity index (χ4n) is 5.04. The van der Waals surface area contributed by atoms with Crippen molar-refractivity contribution in [1.29, 1.82) is 0 Å². The lowest BCUT2D eigenvalue weighted by atomic mass is 9.84. The van der Waals surface area contributed by atoms with E-state index < -0.39 is 11.6 Å². The molecule has 0 spiro atoms. The molecule has 1 heterocycles. The first-order valence-electron chi connectivity index (χ1n) is 14.6. The number of aliphatic hydroxyl groups excluding tert-OH is 1. The van der Waals surface area contributed by atoms with E-state index in [1.54, 1.807) is 19.2 Å². The third kappa shape index (κ3) is 7.87. The Morgan fingerprint density at radius 1 is 0.978 bits per heavy atom. The fraction of sp³-hybridized carbons (Fsp3) is 0.222. The van der Waals surface area contributed by atoms with Gasteiger partial charge in [-0.1, -0.05) is 83.9 Å². The van der Waals surface area contributed by atoms with E-state index >= 15 is 0 Å². The van der Waals surface area contributed by atoms with Gasteiger partial charge < -0.3 is 24.6 Å². The minimum Gasteiger partial charge on any atom is -0.497 e. The van der Waals surface area contributed by atoms with Crippen LogP contribution in [0, 0.1) is 0 Å². The highest BCUT2D eigenvalue weighted by atomic mass is 35.5. The molecule has 4 aromatic rings. The van der Waals surface area contributed by atoms with Crippen LogP contribution in [0.15, 0.2) is 108 Å². The Balaban J connectivity index is 1.54. The Hall–Kier alpha value is -4.30. The van der Waals surface area contributed by atoms with Crippen molar-refractivity contribution in [3.05, 3.63) is 135 Å². The molecule has 0 aromatic heterocycles. The molecule has 0 fully saturated rings. The van der Waals surface area contributed by atoms with Crippen molar-refractivity contribution in [2.45, 2.75) is 31.0 Å². The zero-order chi connectivity index (χ0) is 31.6. The Bertz CT molecular complexity index is 1660. The maximum absolute atomic E-state index is 14.4. The number of carbonyl (C=O) groups excluding carboxylic acids is 1. The second-order valence-electron chi connectivity index (χ2n) is 10.5. The lowest BCUT2D eigenvalue weighted by Gasteiger charge is -2.30. The van der Waals surface area contributed by atoms with Crippen LogP contribution in [0.25, 0.3) is 6.08 Å². The van der Waals surface area contributed by atoms with Crippen LogP contribution in [0.3, 0.4) is 0 Å². The van der Waals surface area contributed by atoms with E-state index in [0.717, 1.165) is 16.7 Å². The molecule has 232 valence electrons. The fourth-order valence-corrected chi connectivity index (χ4v) is 5.36. The summed E-state index contributed by atoms with van der Waals surface area (Å²) in [5.74, 6) is 1.33. The normalized spacial score (nSPS) is 17.5. The minimum atomic E-state index is -1.36. The van der Waals surface area contributed by atoms with Crippen molar-refractivity contribution in [3.8, 4) is 11.5 Å². The summed E-state index contributed by atoms with van der Waals surface area (Å²) in [6.45, 7) is 0.679. The highest BCUT2D eigenvalue weighted by molar-refractivity contribution is 6.42. The summed E-state index contributed by atoms with van der Waals surface area (Å²) in [5, 5.41) is 13.0. The van der Waals surface area contributed by atoms with Gasteiger partial charge in [-0.15, -0.1) is 0 Å². The smallest absolute Gasteiger partial charge is 0.252 e. The van der Waals surface area contributed by atoms with Crippen LogP contribution in [0.4, 0.5) is 0 Å². The molecule has 0 aliphatic carbocycles. The highest BCUT2D eigenvalue weighted by Gasteiger charge is 2.52. The van der Waals surface area contributed by atoms with Crippen LogP contribution in [0.5, 0.6) is 11.5 Å². The van der Waals surface area contributed by atoms with E-state index in [9.17, 15) is 4.79 Å². The molecule has 0 radical (unpaired) electrons. The van der Waals surface area contributed by atoms with Crippen LogP contribution >= 0.6 is 23.2 Å². The number of nitrogens with zero attached hydrogens (tertiary/aromatic N) is 1. The number of aliphatic imine (C=N–C) groups is 1. The number of aliphatic hydroxyl groups is 1. The number of carbonyl (C=O) groups is 1. The quantitative estimate of drug-likeness (QED) is 0.148. The number of ether oxygens (including phenoxy) is 3. The van der Waals surface area contributed by atoms with E-state index in [0.29, 0.717) is 46.0 Å². The number of hydrogen-bond donors (Lipinski definition) is 2. The number of hydrogen-bond acceptors (Lipinski definition) is 6. The second-order valence-corrected chi connectivity index (χ2v) is 11.3. The molecule has 1 aliphatic heterocycles. The van der Waals surface area contributed by atoms with Crippen molar-refractivity contribution in [2.24, 2.45) is 4.99 Å². The molecular weight excluding hydrogens is 611 g/mol. The van der Waals surface area contributed by atoms with Crippen molar-refractivity contribution < 1.29 is 24.1 Å². The maximum Gasteiger partial charge on any atom is 0.252 e. The molecule has 4 aromatic carbocycles. The number of halogens is 2. The van der Waals surface area contributed by atoms with Gasteiger partial charge in [-0.2, -0.15) is 0 Å². The van der Waals surface area contributed by atoms with E-state index in [-0.39, 0.29) is 25.5 Å². The zero-order valence-corrected chi connectivity index (χ0v) is 26.3. The van der Waals surface area contributed by atoms with Gasteiger partial charge in [-0.3, -0.25) is 4.79 Å². The van der Waals surface area contributed by atoms with Gasteiger partial charge >= 0.3 is 0 Å². The van der Waals surface area contributed by atoms with Crippen molar-refractivity contribution in [1.82, 2.24) is 5.32 Å². The van der Waals surface area contributed by atoms with Gasteiger partial charge in [0, 0.05) is 31.6 Å². The van der Waals surface area contributed by atoms with Crippen LogP contribution < -0.4 is 14.8 Å². The Kier molecular flexibility index (Phi) is 10.8. The molecule has 1 amide bonds. The zero-order valence-electron chi connectivity index (χ0n) is 24.8. The summed E-state index contributed by atoms with van der Waals surface area (Å²) >= 11 is 12.4. The highest BCUT2D eigenvalue weighted by Crippen LogP contribution is 2.43. The van der Waals surface area contributed by atoms with Gasteiger partial charge in [0.1, 0.15) is 11.5 Å². The molecule has 0 saturated heterocycles. The summed E-state index contributed by atoms with van der Waals surface area (Å²) in [5.41, 5.74) is 1.88. The molecule has 0 bridgehead atoms. The Morgan fingerprint density at radius 2 is 1.78 bits per heavy atom. The largest absolute Gasteiger partial charge is 0.497 e. The molecule has 0 saturated carbocycles. The van der Waals surface area contributed by atoms with Crippen LogP contribution in [0.2, 0.25) is 10.0 Å². The molecule has 45 heavy (non-hydrogen) atoms. The standard InChI is InChI=1S/C36H34Cl2N2O5/c1-43-30-12-5-11-28(23-30)33-36(19-6-10-25-8-3-2-4-9-25,35(42)39-24-26-13-18-31(37)32(38)22-26)40-34(45-33)27-14-16-29(17-15-27)44-21-7-20-41/h2-6,8-18,22-23,33,41H,7,19-21,24H2,1H3,(H,39,42)/b10-6+/t33-,36-/m1/s1. The monoisotopic (exact) mass is 644 g/mol. The van der Waals surface area contributed by atoms with E-state index in [4.69, 9.17) is 47.5 Å². The Labute approximate surface area is 273 Å². The SMILES string of the molecule is COc1cccc([C@H]2OC(c3ccc(OCCCO)cc3)=N[C@@]2(C/C=C/c2ccccc2)C(=O)NCc2ccc(Cl)c(Cl)c2)c1. The first-order chi connectivity index (χ1) is 21.9. The molecule has 2 atom stereocenters. The molecule has 9 heteroatoms. The van der Waals surface area contributed by atoms with Gasteiger partial charge in [0.2, 0.25) is 5.90 Å². The van der Waals surface area contributed by atoms with Crippen molar-refractivity contribution >= 4 is 41.1 Å². The number of amides is 1. The average Bonchev–Trinajstić information content (AvgIpc) is 3.47. The van der Waals surface area contributed by atoms with Gasteiger partial charge in [-0.05, 0) is 65.2 Å². The summed E-state index contributed by atoms with van der Waals surface area (Å²) < 4.78 is 17.8. The predicted molar refractivity (Wildman–Crippen MR) is 178 cm³/mol. The number of methoxy groups -OCH3 is 1. The summed E-state index contributed by atoms with van der Waals surface area (Å²) in [7, 11) is 1.60.